The van der Waals surface area contributed by atoms with Crippen molar-refractivity contribution < 1.29 is 19.1 Å². The van der Waals surface area contributed by atoms with Crippen LogP contribution in [-0.4, -0.2) is 58.8 Å². The molecule has 1 amide bonds. The largest absolute Gasteiger partial charge is 0.507 e. The quantitative estimate of drug-likeness (QED) is 0.472. The summed E-state index contributed by atoms with van der Waals surface area (Å²) < 4.78 is 13.4. The normalized spacial score (nSPS) is 18.9. The summed E-state index contributed by atoms with van der Waals surface area (Å²) >= 11 is 0. The molecule has 1 atom stereocenters. The minimum atomic E-state index is -0.768. The maximum Gasteiger partial charge on any atom is 0.295 e. The summed E-state index contributed by atoms with van der Waals surface area (Å²) in [6, 6.07) is 7.99. The molecular formula is C21H22FN3O3. The summed E-state index contributed by atoms with van der Waals surface area (Å²) in [6.45, 7) is 1.08. The van der Waals surface area contributed by atoms with E-state index < -0.39 is 23.5 Å². The molecule has 7 heteroatoms. The van der Waals surface area contributed by atoms with E-state index in [9.17, 15) is 19.1 Å². The third-order valence-corrected chi connectivity index (χ3v) is 4.68. The number of hydrogen-bond acceptors (Lipinski definition) is 5. The number of carbonyl (C=O) groups excluding carboxylic acids is 2. The SMILES string of the molecule is CN(C)CCCN1C(=O)C(=O)/C(=C(/O)c2ccncc2)[C@H]1c1ccc(F)cc1. The predicted molar refractivity (Wildman–Crippen MR) is 103 cm³/mol. The van der Waals surface area contributed by atoms with Gasteiger partial charge < -0.3 is 14.9 Å². The maximum absolute atomic E-state index is 13.4. The van der Waals surface area contributed by atoms with Gasteiger partial charge in [0, 0.05) is 24.5 Å². The zero-order valence-corrected chi connectivity index (χ0v) is 15.8. The van der Waals surface area contributed by atoms with Gasteiger partial charge in [-0.15, -0.1) is 0 Å². The monoisotopic (exact) mass is 383 g/mol. The first-order chi connectivity index (χ1) is 13.4. The van der Waals surface area contributed by atoms with Crippen LogP contribution in [0.15, 0.2) is 54.4 Å². The Bertz CT molecular complexity index is 895. The number of benzene rings is 1. The number of likely N-dealkylation sites (tertiary alicyclic amines) is 1. The molecule has 28 heavy (non-hydrogen) atoms. The number of pyridine rings is 1. The van der Waals surface area contributed by atoms with E-state index in [1.807, 2.05) is 19.0 Å². The summed E-state index contributed by atoms with van der Waals surface area (Å²) in [7, 11) is 3.85. The van der Waals surface area contributed by atoms with Crippen LogP contribution in [0.2, 0.25) is 0 Å². The van der Waals surface area contributed by atoms with Gasteiger partial charge >= 0.3 is 0 Å². The molecule has 0 aliphatic carbocycles. The molecule has 1 aliphatic rings. The number of Topliss-reactive ketones (excluding diaryl/α,β-unsaturated/α-hetero) is 1. The number of aromatic nitrogens is 1. The van der Waals surface area contributed by atoms with Gasteiger partial charge in [-0.1, -0.05) is 12.1 Å². The first-order valence-electron chi connectivity index (χ1n) is 8.99. The van der Waals surface area contributed by atoms with Crippen molar-refractivity contribution in [2.75, 3.05) is 27.2 Å². The van der Waals surface area contributed by atoms with E-state index in [1.54, 1.807) is 12.1 Å². The molecule has 1 N–H and O–H groups in total. The van der Waals surface area contributed by atoms with Gasteiger partial charge in [-0.05, 0) is 56.9 Å². The number of amides is 1. The number of hydrogen-bond donors (Lipinski definition) is 1. The summed E-state index contributed by atoms with van der Waals surface area (Å²) in [5.41, 5.74) is 0.974. The molecule has 1 aromatic heterocycles. The third kappa shape index (κ3) is 3.94. The van der Waals surface area contributed by atoms with Crippen molar-refractivity contribution in [3.63, 3.8) is 0 Å². The van der Waals surface area contributed by atoms with Gasteiger partial charge in [-0.2, -0.15) is 0 Å². The Morgan fingerprint density at radius 2 is 1.79 bits per heavy atom. The van der Waals surface area contributed by atoms with Gasteiger partial charge in [0.05, 0.1) is 11.6 Å². The molecule has 0 unspecified atom stereocenters. The van der Waals surface area contributed by atoms with E-state index in [-0.39, 0.29) is 11.3 Å². The second-order valence-electron chi connectivity index (χ2n) is 6.94. The van der Waals surface area contributed by atoms with Crippen molar-refractivity contribution >= 4 is 17.4 Å². The number of halogens is 1. The second kappa shape index (κ2) is 8.31. The number of aliphatic hydroxyl groups excluding tert-OH is 1. The predicted octanol–water partition coefficient (Wildman–Crippen LogP) is 2.59. The lowest BCUT2D eigenvalue weighted by atomic mass is 9.95. The maximum atomic E-state index is 13.4. The molecule has 0 spiro atoms. The van der Waals surface area contributed by atoms with Crippen LogP contribution in [-0.2, 0) is 9.59 Å². The van der Waals surface area contributed by atoms with Crippen LogP contribution in [0.3, 0.4) is 0 Å². The Balaban J connectivity index is 2.07. The van der Waals surface area contributed by atoms with Crippen molar-refractivity contribution in [3.05, 3.63) is 71.3 Å². The first-order valence-corrected chi connectivity index (χ1v) is 8.99. The van der Waals surface area contributed by atoms with E-state index >= 15 is 0 Å². The highest BCUT2D eigenvalue weighted by molar-refractivity contribution is 6.46. The van der Waals surface area contributed by atoms with Gasteiger partial charge in [-0.3, -0.25) is 14.6 Å². The molecule has 0 bridgehead atoms. The minimum Gasteiger partial charge on any atom is -0.507 e. The zero-order chi connectivity index (χ0) is 20.3. The molecule has 1 saturated heterocycles. The Labute approximate surface area is 162 Å². The van der Waals surface area contributed by atoms with Crippen LogP contribution in [0.5, 0.6) is 0 Å². The van der Waals surface area contributed by atoms with Crippen LogP contribution >= 0.6 is 0 Å². The van der Waals surface area contributed by atoms with Crippen molar-refractivity contribution in [1.29, 1.82) is 0 Å². The molecule has 6 nitrogen and oxygen atoms in total. The average molecular weight is 383 g/mol. The zero-order valence-electron chi connectivity index (χ0n) is 15.8. The van der Waals surface area contributed by atoms with Gasteiger partial charge in [0.1, 0.15) is 11.6 Å². The topological polar surface area (TPSA) is 73.7 Å². The lowest BCUT2D eigenvalue weighted by molar-refractivity contribution is -0.139. The fourth-order valence-electron chi connectivity index (χ4n) is 3.32. The van der Waals surface area contributed by atoms with Crippen LogP contribution in [0, 0.1) is 5.82 Å². The lowest BCUT2D eigenvalue weighted by Crippen LogP contribution is -2.32. The molecule has 146 valence electrons. The molecule has 2 aromatic rings. The summed E-state index contributed by atoms with van der Waals surface area (Å²) in [4.78, 5) is 32.8. The van der Waals surface area contributed by atoms with Gasteiger partial charge in [0.2, 0.25) is 0 Å². The molecule has 0 radical (unpaired) electrons. The fraction of sp³-hybridized carbons (Fsp3) is 0.286. The highest BCUT2D eigenvalue weighted by atomic mass is 19.1. The highest BCUT2D eigenvalue weighted by Crippen LogP contribution is 2.39. The molecule has 0 saturated carbocycles. The lowest BCUT2D eigenvalue weighted by Gasteiger charge is -2.26. The number of nitrogens with zero attached hydrogens (tertiary/aromatic N) is 3. The molecule has 3 rings (SSSR count). The van der Waals surface area contributed by atoms with E-state index in [1.165, 1.54) is 41.6 Å². The van der Waals surface area contributed by atoms with E-state index in [0.717, 1.165) is 6.54 Å². The molecule has 1 aliphatic heterocycles. The van der Waals surface area contributed by atoms with Crippen LogP contribution < -0.4 is 0 Å². The van der Waals surface area contributed by atoms with Crippen molar-refractivity contribution in [3.8, 4) is 0 Å². The third-order valence-electron chi connectivity index (χ3n) is 4.68. The minimum absolute atomic E-state index is 0.00709. The van der Waals surface area contributed by atoms with Gasteiger partial charge in [-0.25, -0.2) is 4.39 Å². The first kappa shape index (κ1) is 19.7. The number of carbonyl (C=O) groups is 2. The van der Waals surface area contributed by atoms with Gasteiger partial charge in [0.15, 0.2) is 0 Å². The van der Waals surface area contributed by atoms with Gasteiger partial charge in [0.25, 0.3) is 11.7 Å². The highest BCUT2D eigenvalue weighted by Gasteiger charge is 2.45. The summed E-state index contributed by atoms with van der Waals surface area (Å²) in [6.07, 6.45) is 3.65. The van der Waals surface area contributed by atoms with Crippen molar-refractivity contribution in [2.45, 2.75) is 12.5 Å². The Morgan fingerprint density at radius 3 is 2.39 bits per heavy atom. The Kier molecular flexibility index (Phi) is 5.84. The van der Waals surface area contributed by atoms with E-state index in [4.69, 9.17) is 0 Å². The van der Waals surface area contributed by atoms with Crippen LogP contribution in [0.25, 0.3) is 5.76 Å². The Hall–Kier alpha value is -3.06. The number of ketones is 1. The molecule has 2 heterocycles. The number of aliphatic hydroxyl groups is 1. The van der Waals surface area contributed by atoms with Crippen LogP contribution in [0.4, 0.5) is 4.39 Å². The fourth-order valence-corrected chi connectivity index (χ4v) is 3.32. The molecule has 1 fully saturated rings. The molecule has 1 aromatic carbocycles. The Morgan fingerprint density at radius 1 is 1.14 bits per heavy atom. The van der Waals surface area contributed by atoms with Crippen LogP contribution in [0.1, 0.15) is 23.6 Å². The standard InChI is InChI=1S/C21H22FN3O3/c1-24(2)12-3-13-25-18(14-4-6-16(22)7-5-14)17(20(27)21(25)28)19(26)15-8-10-23-11-9-15/h4-11,18,26H,3,12-13H2,1-2H3/b19-17+/t18-/m1/s1. The molecular weight excluding hydrogens is 361 g/mol. The second-order valence-corrected chi connectivity index (χ2v) is 6.94. The van der Waals surface area contributed by atoms with Crippen molar-refractivity contribution in [2.24, 2.45) is 0 Å². The van der Waals surface area contributed by atoms with E-state index in [2.05, 4.69) is 4.98 Å². The summed E-state index contributed by atoms with van der Waals surface area (Å²) in [5, 5.41) is 10.8. The van der Waals surface area contributed by atoms with E-state index in [0.29, 0.717) is 24.1 Å². The number of rotatable bonds is 6. The smallest absolute Gasteiger partial charge is 0.295 e. The average Bonchev–Trinajstić information content (AvgIpc) is 2.93. The van der Waals surface area contributed by atoms with Crippen molar-refractivity contribution in [1.82, 2.24) is 14.8 Å². The summed E-state index contributed by atoms with van der Waals surface area (Å²) in [5.74, 6) is -2.08.